The van der Waals surface area contributed by atoms with Crippen molar-refractivity contribution in [3.63, 3.8) is 0 Å². The molecule has 1 rings (SSSR count). The molecule has 0 heterocycles. The van der Waals surface area contributed by atoms with Gasteiger partial charge in [-0.25, -0.2) is 9.59 Å². The van der Waals surface area contributed by atoms with Gasteiger partial charge < -0.3 is 14.8 Å². The van der Waals surface area contributed by atoms with Crippen molar-refractivity contribution < 1.29 is 19.1 Å². The number of carbonyl (C=O) groups excluding carboxylic acids is 2. The lowest BCUT2D eigenvalue weighted by Crippen LogP contribution is -2.39. The topological polar surface area (TPSA) is 76.7 Å². The number of amides is 2. The Morgan fingerprint density at radius 2 is 1.82 bits per heavy atom. The number of benzene rings is 1. The Balaban J connectivity index is 2.34. The van der Waals surface area contributed by atoms with E-state index in [2.05, 4.69) is 10.6 Å². The Labute approximate surface area is 135 Å². The fourth-order valence-corrected chi connectivity index (χ4v) is 1.65. The molecule has 0 aliphatic carbocycles. The third-order valence-electron chi connectivity index (χ3n) is 2.76. The van der Waals surface area contributed by atoms with Crippen LogP contribution in [0.4, 0.5) is 15.3 Å². The van der Waals surface area contributed by atoms with E-state index in [9.17, 15) is 9.59 Å². The predicted molar refractivity (Wildman–Crippen MR) is 85.3 cm³/mol. The molecule has 0 aliphatic heterocycles. The Bertz CT molecular complexity index is 479. The molecule has 1 atom stereocenters. The van der Waals surface area contributed by atoms with Crippen LogP contribution < -0.4 is 10.6 Å². The van der Waals surface area contributed by atoms with Gasteiger partial charge in [-0.15, -0.1) is 0 Å². The van der Waals surface area contributed by atoms with Crippen molar-refractivity contribution in [3.05, 3.63) is 29.3 Å². The van der Waals surface area contributed by atoms with E-state index in [1.54, 1.807) is 24.3 Å². The largest absolute Gasteiger partial charge is 0.450 e. The van der Waals surface area contributed by atoms with Crippen molar-refractivity contribution in [1.29, 1.82) is 0 Å². The van der Waals surface area contributed by atoms with E-state index in [0.717, 1.165) is 6.42 Å². The molecular formula is C15H21ClN2O4. The van der Waals surface area contributed by atoms with Crippen molar-refractivity contribution in [2.24, 2.45) is 0 Å². The molecular weight excluding hydrogens is 308 g/mol. The van der Waals surface area contributed by atoms with Crippen LogP contribution >= 0.6 is 11.6 Å². The van der Waals surface area contributed by atoms with E-state index < -0.39 is 12.2 Å². The molecule has 0 aromatic heterocycles. The van der Waals surface area contributed by atoms with Gasteiger partial charge in [0, 0.05) is 10.7 Å². The molecule has 0 saturated heterocycles. The maximum Gasteiger partial charge on any atom is 0.411 e. The van der Waals surface area contributed by atoms with Gasteiger partial charge in [-0.3, -0.25) is 5.32 Å². The van der Waals surface area contributed by atoms with Crippen LogP contribution in [0.25, 0.3) is 0 Å². The van der Waals surface area contributed by atoms with Gasteiger partial charge in [0.25, 0.3) is 0 Å². The van der Waals surface area contributed by atoms with Gasteiger partial charge >= 0.3 is 12.2 Å². The molecule has 0 fully saturated rings. The maximum absolute atomic E-state index is 11.7. The molecule has 2 N–H and O–H groups in total. The fourth-order valence-electron chi connectivity index (χ4n) is 1.53. The summed E-state index contributed by atoms with van der Waals surface area (Å²) in [7, 11) is 0. The lowest BCUT2D eigenvalue weighted by Gasteiger charge is -2.17. The second-order valence-corrected chi connectivity index (χ2v) is 5.05. The first-order chi connectivity index (χ1) is 10.5. The number of hydrogen-bond acceptors (Lipinski definition) is 4. The number of hydrogen-bond donors (Lipinski definition) is 2. The predicted octanol–water partition coefficient (Wildman–Crippen LogP) is 3.80. The average Bonchev–Trinajstić information content (AvgIpc) is 2.51. The number of anilines is 1. The molecule has 0 spiro atoms. The number of alkyl carbamates (subject to hydrolysis) is 1. The summed E-state index contributed by atoms with van der Waals surface area (Å²) < 4.78 is 10.00. The summed E-state index contributed by atoms with van der Waals surface area (Å²) in [5.74, 6) is 0. The first kappa shape index (κ1) is 18.1. The van der Waals surface area contributed by atoms with Gasteiger partial charge in [-0.05, 0) is 37.1 Å². The number of halogens is 1. The van der Waals surface area contributed by atoms with Gasteiger partial charge in [0.15, 0.2) is 0 Å². The maximum atomic E-state index is 11.7. The third-order valence-corrected chi connectivity index (χ3v) is 3.01. The van der Waals surface area contributed by atoms with E-state index in [1.165, 1.54) is 0 Å². The third kappa shape index (κ3) is 7.17. The van der Waals surface area contributed by atoms with Gasteiger partial charge in [-0.1, -0.05) is 25.4 Å². The smallest absolute Gasteiger partial charge is 0.411 e. The van der Waals surface area contributed by atoms with E-state index in [1.807, 2.05) is 13.8 Å². The van der Waals surface area contributed by atoms with Crippen LogP contribution in [-0.2, 0) is 9.47 Å². The first-order valence-corrected chi connectivity index (χ1v) is 7.55. The van der Waals surface area contributed by atoms with Crippen LogP contribution in [0.3, 0.4) is 0 Å². The van der Waals surface area contributed by atoms with Crippen molar-refractivity contribution in [2.75, 3.05) is 18.5 Å². The Morgan fingerprint density at radius 1 is 1.14 bits per heavy atom. The number of ether oxygens (including phenoxy) is 2. The molecule has 122 valence electrons. The van der Waals surface area contributed by atoms with Crippen LogP contribution in [0, 0.1) is 0 Å². The second kappa shape index (κ2) is 9.89. The molecule has 0 saturated carbocycles. The van der Waals surface area contributed by atoms with Gasteiger partial charge in [0.2, 0.25) is 0 Å². The molecule has 0 bridgehead atoms. The van der Waals surface area contributed by atoms with E-state index >= 15 is 0 Å². The van der Waals surface area contributed by atoms with Crippen molar-refractivity contribution in [1.82, 2.24) is 5.32 Å². The van der Waals surface area contributed by atoms with Crippen LogP contribution in [-0.4, -0.2) is 31.4 Å². The summed E-state index contributed by atoms with van der Waals surface area (Å²) in [6.07, 6.45) is 0.277. The van der Waals surface area contributed by atoms with Gasteiger partial charge in [-0.2, -0.15) is 0 Å². The first-order valence-electron chi connectivity index (χ1n) is 7.17. The standard InChI is InChI=1S/C15H21ClN2O4/c1-3-9-21-14(19)17-12(4-2)10-22-15(20)18-13-7-5-11(16)6-8-13/h5-8,12H,3-4,9-10H2,1-2H3,(H,17,19)(H,18,20)/t12-/m0/s1. The van der Waals surface area contributed by atoms with E-state index in [0.29, 0.717) is 23.7 Å². The number of rotatable bonds is 7. The quantitative estimate of drug-likeness (QED) is 0.798. The molecule has 0 unspecified atom stereocenters. The zero-order valence-corrected chi connectivity index (χ0v) is 13.5. The normalized spacial score (nSPS) is 11.4. The highest BCUT2D eigenvalue weighted by atomic mass is 35.5. The molecule has 1 aromatic carbocycles. The minimum Gasteiger partial charge on any atom is -0.450 e. The fraction of sp³-hybridized carbons (Fsp3) is 0.467. The summed E-state index contributed by atoms with van der Waals surface area (Å²) in [4.78, 5) is 23.1. The van der Waals surface area contributed by atoms with Crippen molar-refractivity contribution in [2.45, 2.75) is 32.7 Å². The Morgan fingerprint density at radius 3 is 2.41 bits per heavy atom. The molecule has 6 nitrogen and oxygen atoms in total. The summed E-state index contributed by atoms with van der Waals surface area (Å²) in [5, 5.41) is 5.80. The van der Waals surface area contributed by atoms with E-state index in [-0.39, 0.29) is 12.6 Å². The molecule has 22 heavy (non-hydrogen) atoms. The highest BCUT2D eigenvalue weighted by Crippen LogP contribution is 2.13. The Kier molecular flexibility index (Phi) is 8.14. The summed E-state index contributed by atoms with van der Waals surface area (Å²) >= 11 is 5.76. The molecule has 0 aliphatic rings. The molecule has 7 heteroatoms. The Hall–Kier alpha value is -1.95. The van der Waals surface area contributed by atoms with Crippen LogP contribution in [0.2, 0.25) is 5.02 Å². The monoisotopic (exact) mass is 328 g/mol. The zero-order chi connectivity index (χ0) is 16.4. The van der Waals surface area contributed by atoms with Gasteiger partial charge in [0.1, 0.15) is 6.61 Å². The van der Waals surface area contributed by atoms with Crippen molar-refractivity contribution >= 4 is 29.5 Å². The highest BCUT2D eigenvalue weighted by Gasteiger charge is 2.13. The van der Waals surface area contributed by atoms with E-state index in [4.69, 9.17) is 21.1 Å². The highest BCUT2D eigenvalue weighted by molar-refractivity contribution is 6.30. The molecule has 2 amide bonds. The van der Waals surface area contributed by atoms with Gasteiger partial charge in [0.05, 0.1) is 12.6 Å². The molecule has 1 aromatic rings. The minimum atomic E-state index is -0.593. The summed E-state index contributed by atoms with van der Waals surface area (Å²) in [5.41, 5.74) is 0.581. The second-order valence-electron chi connectivity index (χ2n) is 4.62. The van der Waals surface area contributed by atoms with Crippen LogP contribution in [0.15, 0.2) is 24.3 Å². The van der Waals surface area contributed by atoms with Crippen molar-refractivity contribution in [3.8, 4) is 0 Å². The number of nitrogens with one attached hydrogen (secondary N) is 2. The van der Waals surface area contributed by atoms with Crippen LogP contribution in [0.1, 0.15) is 26.7 Å². The zero-order valence-electron chi connectivity index (χ0n) is 12.7. The SMILES string of the molecule is CCCOC(=O)N[C@@H](CC)COC(=O)Nc1ccc(Cl)cc1. The molecule has 0 radical (unpaired) electrons. The lowest BCUT2D eigenvalue weighted by atomic mass is 10.2. The summed E-state index contributed by atoms with van der Waals surface area (Å²) in [6.45, 7) is 4.22. The minimum absolute atomic E-state index is 0.0666. The number of carbonyl (C=O) groups is 2. The average molecular weight is 329 g/mol. The van der Waals surface area contributed by atoms with Crippen LogP contribution in [0.5, 0.6) is 0 Å². The summed E-state index contributed by atoms with van der Waals surface area (Å²) in [6, 6.07) is 6.37. The lowest BCUT2D eigenvalue weighted by molar-refractivity contribution is 0.124.